The summed E-state index contributed by atoms with van der Waals surface area (Å²) in [6.45, 7) is 1.79. The lowest BCUT2D eigenvalue weighted by Gasteiger charge is -2.11. The van der Waals surface area contributed by atoms with Crippen molar-refractivity contribution >= 4 is 5.84 Å². The molecule has 80 valence electrons. The number of aliphatic imine (C=N–C) groups is 1. The summed E-state index contributed by atoms with van der Waals surface area (Å²) >= 11 is 0. The van der Waals surface area contributed by atoms with Crippen LogP contribution in [0.5, 0.6) is 0 Å². The first-order chi connectivity index (χ1) is 6.76. The van der Waals surface area contributed by atoms with Crippen molar-refractivity contribution in [2.24, 2.45) is 22.1 Å². The van der Waals surface area contributed by atoms with Crippen LogP contribution in [-0.4, -0.2) is 26.1 Å². The Morgan fingerprint density at radius 2 is 2.21 bits per heavy atom. The van der Waals surface area contributed by atoms with Gasteiger partial charge in [-0.05, 0) is 37.5 Å². The van der Waals surface area contributed by atoms with Crippen LogP contribution in [0, 0.1) is 11.3 Å². The average molecular weight is 196 g/mol. The molecule has 0 unspecified atom stereocenters. The van der Waals surface area contributed by atoms with Gasteiger partial charge in [0.1, 0.15) is 0 Å². The molecule has 2 N–H and O–H groups in total. The van der Waals surface area contributed by atoms with Crippen LogP contribution in [0.25, 0.3) is 0 Å². The zero-order valence-corrected chi connectivity index (χ0v) is 8.96. The van der Waals surface area contributed by atoms with E-state index in [-0.39, 0.29) is 0 Å². The molecule has 0 aromatic heterocycles. The molecule has 0 aromatic rings. The first-order valence-electron chi connectivity index (χ1n) is 5.54. The Morgan fingerprint density at radius 3 is 2.71 bits per heavy atom. The van der Waals surface area contributed by atoms with Crippen LogP contribution in [0.4, 0.5) is 0 Å². The maximum absolute atomic E-state index is 5.86. The number of methoxy groups -OCH3 is 1. The molecule has 0 bridgehead atoms. The topological polar surface area (TPSA) is 47.6 Å². The summed E-state index contributed by atoms with van der Waals surface area (Å²) in [5.74, 6) is 1.52. The minimum Gasteiger partial charge on any atom is -0.387 e. The van der Waals surface area contributed by atoms with Gasteiger partial charge in [-0.15, -0.1) is 0 Å². The summed E-state index contributed by atoms with van der Waals surface area (Å²) in [5, 5.41) is 0. The van der Waals surface area contributed by atoms with E-state index >= 15 is 0 Å². The van der Waals surface area contributed by atoms with Crippen molar-refractivity contribution in [1.29, 1.82) is 0 Å². The van der Waals surface area contributed by atoms with Gasteiger partial charge in [-0.2, -0.15) is 0 Å². The van der Waals surface area contributed by atoms with E-state index in [1.165, 1.54) is 25.7 Å². The molecule has 2 fully saturated rings. The molecule has 0 atom stereocenters. The van der Waals surface area contributed by atoms with Crippen molar-refractivity contribution in [1.82, 2.24) is 0 Å². The summed E-state index contributed by atoms with van der Waals surface area (Å²) in [4.78, 5) is 4.51. The Kier molecular flexibility index (Phi) is 2.77. The Morgan fingerprint density at radius 1 is 1.50 bits per heavy atom. The molecule has 3 nitrogen and oxygen atoms in total. The highest BCUT2D eigenvalue weighted by atomic mass is 16.5. The molecule has 0 amide bonds. The van der Waals surface area contributed by atoms with Crippen LogP contribution >= 0.6 is 0 Å². The van der Waals surface area contributed by atoms with E-state index in [4.69, 9.17) is 10.5 Å². The van der Waals surface area contributed by atoms with Gasteiger partial charge >= 0.3 is 0 Å². The van der Waals surface area contributed by atoms with Crippen molar-refractivity contribution < 1.29 is 4.74 Å². The summed E-state index contributed by atoms with van der Waals surface area (Å²) < 4.78 is 5.10. The van der Waals surface area contributed by atoms with Crippen molar-refractivity contribution in [3.8, 4) is 0 Å². The van der Waals surface area contributed by atoms with Crippen LogP contribution in [0.15, 0.2) is 4.99 Å². The minimum atomic E-state index is 0.454. The van der Waals surface area contributed by atoms with E-state index in [1.54, 1.807) is 7.11 Å². The third-order valence-electron chi connectivity index (χ3n) is 3.39. The molecule has 2 saturated carbocycles. The number of ether oxygens (including phenoxy) is 1. The normalized spacial score (nSPS) is 25.1. The van der Waals surface area contributed by atoms with Gasteiger partial charge in [0.25, 0.3) is 0 Å². The van der Waals surface area contributed by atoms with Gasteiger partial charge in [0.2, 0.25) is 0 Å². The fourth-order valence-electron chi connectivity index (χ4n) is 1.75. The SMILES string of the molecule is COCCC1(CN=C(N)C2CC2)CC1. The Balaban J connectivity index is 1.75. The zero-order chi connectivity index (χ0) is 10.0. The highest BCUT2D eigenvalue weighted by Gasteiger charge is 2.42. The van der Waals surface area contributed by atoms with Gasteiger partial charge in [0.15, 0.2) is 0 Å². The quantitative estimate of drug-likeness (QED) is 0.518. The molecule has 0 spiro atoms. The number of hydrogen-bond acceptors (Lipinski definition) is 2. The Hall–Kier alpha value is -0.570. The van der Waals surface area contributed by atoms with Gasteiger partial charge < -0.3 is 10.5 Å². The number of nitrogens with zero attached hydrogens (tertiary/aromatic N) is 1. The van der Waals surface area contributed by atoms with Crippen molar-refractivity contribution in [3.05, 3.63) is 0 Å². The van der Waals surface area contributed by atoms with E-state index in [9.17, 15) is 0 Å². The summed E-state index contributed by atoms with van der Waals surface area (Å²) in [6, 6.07) is 0. The molecule has 2 rings (SSSR count). The molecular formula is C11H20N2O. The Labute approximate surface area is 85.7 Å². The molecule has 3 heteroatoms. The lowest BCUT2D eigenvalue weighted by molar-refractivity contribution is 0.174. The summed E-state index contributed by atoms with van der Waals surface area (Å²) in [7, 11) is 1.76. The van der Waals surface area contributed by atoms with Gasteiger partial charge in [-0.3, -0.25) is 4.99 Å². The maximum atomic E-state index is 5.86. The second-order valence-corrected chi connectivity index (χ2v) is 4.76. The molecule has 0 saturated heterocycles. The molecule has 0 heterocycles. The van der Waals surface area contributed by atoms with Crippen LogP contribution < -0.4 is 5.73 Å². The van der Waals surface area contributed by atoms with E-state index in [0.29, 0.717) is 11.3 Å². The monoisotopic (exact) mass is 196 g/mol. The van der Waals surface area contributed by atoms with Gasteiger partial charge in [-0.1, -0.05) is 0 Å². The van der Waals surface area contributed by atoms with Gasteiger partial charge in [0, 0.05) is 26.2 Å². The number of hydrogen-bond donors (Lipinski definition) is 1. The van der Waals surface area contributed by atoms with Crippen molar-refractivity contribution in [2.75, 3.05) is 20.3 Å². The van der Waals surface area contributed by atoms with Gasteiger partial charge in [-0.25, -0.2) is 0 Å². The molecule has 0 radical (unpaired) electrons. The largest absolute Gasteiger partial charge is 0.387 e. The minimum absolute atomic E-state index is 0.454. The molecule has 14 heavy (non-hydrogen) atoms. The first kappa shape index (κ1) is 9.97. The molecule has 2 aliphatic rings. The predicted octanol–water partition coefficient (Wildman–Crippen LogP) is 1.57. The highest BCUT2D eigenvalue weighted by Crippen LogP contribution is 2.49. The fraction of sp³-hybridized carbons (Fsp3) is 0.909. The molecule has 0 aliphatic heterocycles. The summed E-state index contributed by atoms with van der Waals surface area (Å²) in [6.07, 6.45) is 6.25. The second-order valence-electron chi connectivity index (χ2n) is 4.76. The third kappa shape index (κ3) is 2.47. The molecule has 0 aromatic carbocycles. The molecule has 2 aliphatic carbocycles. The zero-order valence-electron chi connectivity index (χ0n) is 8.96. The second kappa shape index (κ2) is 3.89. The van der Waals surface area contributed by atoms with E-state index in [2.05, 4.69) is 4.99 Å². The van der Waals surface area contributed by atoms with E-state index in [0.717, 1.165) is 25.4 Å². The summed E-state index contributed by atoms with van der Waals surface area (Å²) in [5.41, 5.74) is 6.32. The average Bonchev–Trinajstić information content (AvgIpc) is 3.04. The Bertz CT molecular complexity index is 229. The standard InChI is InChI=1S/C11H20N2O/c1-14-7-6-11(4-5-11)8-13-10(12)9-2-3-9/h9H,2-8H2,1H3,(H2,12,13). The number of rotatable bonds is 6. The lowest BCUT2D eigenvalue weighted by atomic mass is 10.0. The molecular weight excluding hydrogens is 176 g/mol. The highest BCUT2D eigenvalue weighted by molar-refractivity contribution is 5.84. The third-order valence-corrected chi connectivity index (χ3v) is 3.39. The lowest BCUT2D eigenvalue weighted by Crippen LogP contribution is -2.17. The maximum Gasteiger partial charge on any atom is 0.0968 e. The fourth-order valence-corrected chi connectivity index (χ4v) is 1.75. The van der Waals surface area contributed by atoms with Crippen LogP contribution in [0.3, 0.4) is 0 Å². The van der Waals surface area contributed by atoms with Crippen molar-refractivity contribution in [2.45, 2.75) is 32.1 Å². The number of amidine groups is 1. The van der Waals surface area contributed by atoms with Crippen molar-refractivity contribution in [3.63, 3.8) is 0 Å². The van der Waals surface area contributed by atoms with E-state index in [1.807, 2.05) is 0 Å². The van der Waals surface area contributed by atoms with Crippen LogP contribution in [-0.2, 0) is 4.74 Å². The van der Waals surface area contributed by atoms with Crippen LogP contribution in [0.1, 0.15) is 32.1 Å². The first-order valence-corrected chi connectivity index (χ1v) is 5.54. The van der Waals surface area contributed by atoms with Gasteiger partial charge in [0.05, 0.1) is 5.84 Å². The van der Waals surface area contributed by atoms with Crippen LogP contribution in [0.2, 0.25) is 0 Å². The predicted molar refractivity (Wildman–Crippen MR) is 57.4 cm³/mol. The number of nitrogens with two attached hydrogens (primary N) is 1. The smallest absolute Gasteiger partial charge is 0.0968 e. The van der Waals surface area contributed by atoms with E-state index < -0.39 is 0 Å².